The number of rotatable bonds is 1. The molecule has 0 saturated heterocycles. The van der Waals surface area contributed by atoms with Gasteiger partial charge in [0.05, 0.1) is 5.70 Å². The molecule has 26 heavy (non-hydrogen) atoms. The fourth-order valence-corrected chi connectivity index (χ4v) is 3.98. The molecule has 3 aromatic rings. The molecule has 2 aromatic carbocycles. The first kappa shape index (κ1) is 15.3. The van der Waals surface area contributed by atoms with Gasteiger partial charge in [-0.3, -0.25) is 0 Å². The Kier molecular flexibility index (Phi) is 3.38. The number of nitrogens with one attached hydrogen (secondary N) is 1. The molecular formula is C20H16F2N4. The molecule has 0 radical (unpaired) electrons. The van der Waals surface area contributed by atoms with Crippen LogP contribution in [0.2, 0.25) is 0 Å². The summed E-state index contributed by atoms with van der Waals surface area (Å²) in [4.78, 5) is 4.31. The molecule has 0 amide bonds. The van der Waals surface area contributed by atoms with E-state index in [4.69, 9.17) is 0 Å². The van der Waals surface area contributed by atoms with Crippen molar-refractivity contribution in [2.45, 2.75) is 25.3 Å². The monoisotopic (exact) mass is 350 g/mol. The molecule has 2 heterocycles. The summed E-state index contributed by atoms with van der Waals surface area (Å²) in [7, 11) is 0. The number of benzene rings is 2. The molecule has 0 spiro atoms. The second-order valence-corrected chi connectivity index (χ2v) is 6.64. The van der Waals surface area contributed by atoms with Crippen LogP contribution in [0.3, 0.4) is 0 Å². The second kappa shape index (κ2) is 5.76. The minimum absolute atomic E-state index is 0.301. The van der Waals surface area contributed by atoms with Crippen molar-refractivity contribution in [3.8, 4) is 0 Å². The maximum absolute atomic E-state index is 13.9. The second-order valence-electron chi connectivity index (χ2n) is 6.64. The maximum Gasteiger partial charge on any atom is 0.226 e. The molecule has 1 atom stereocenters. The van der Waals surface area contributed by atoms with Crippen molar-refractivity contribution >= 4 is 11.6 Å². The smallest absolute Gasteiger partial charge is 0.226 e. The molecule has 6 heteroatoms. The van der Waals surface area contributed by atoms with Gasteiger partial charge in [-0.05, 0) is 48.1 Å². The van der Waals surface area contributed by atoms with E-state index in [0.717, 1.165) is 36.1 Å². The van der Waals surface area contributed by atoms with Crippen LogP contribution in [0.5, 0.6) is 0 Å². The summed E-state index contributed by atoms with van der Waals surface area (Å²) < 4.78 is 29.1. The largest absolute Gasteiger partial charge is 0.324 e. The number of fused-ring (bicyclic) bond motifs is 3. The molecule has 4 nitrogen and oxygen atoms in total. The SMILES string of the molecule is Fc1ccc([C@H]2C3=C(Nc4ncnn42)c2ccccc2CCC3)cc1F. The summed E-state index contributed by atoms with van der Waals surface area (Å²) in [6.45, 7) is 0. The lowest BCUT2D eigenvalue weighted by Gasteiger charge is -2.30. The first-order chi connectivity index (χ1) is 12.7. The van der Waals surface area contributed by atoms with Crippen molar-refractivity contribution in [1.29, 1.82) is 0 Å². The third-order valence-corrected chi connectivity index (χ3v) is 5.14. The molecule has 1 aromatic heterocycles. The highest BCUT2D eigenvalue weighted by molar-refractivity contribution is 5.82. The number of hydrogen-bond donors (Lipinski definition) is 1. The quantitative estimate of drug-likeness (QED) is 0.711. The zero-order valence-corrected chi connectivity index (χ0v) is 13.9. The van der Waals surface area contributed by atoms with Crippen molar-refractivity contribution in [3.63, 3.8) is 0 Å². The van der Waals surface area contributed by atoms with Crippen LogP contribution >= 0.6 is 0 Å². The molecule has 0 saturated carbocycles. The van der Waals surface area contributed by atoms with E-state index in [1.165, 1.54) is 24.0 Å². The van der Waals surface area contributed by atoms with Crippen LogP contribution in [0.1, 0.15) is 35.6 Å². The van der Waals surface area contributed by atoms with Gasteiger partial charge in [0.15, 0.2) is 11.6 Å². The number of aromatic nitrogens is 3. The van der Waals surface area contributed by atoms with E-state index in [-0.39, 0.29) is 6.04 Å². The van der Waals surface area contributed by atoms with Gasteiger partial charge in [0, 0.05) is 5.56 Å². The van der Waals surface area contributed by atoms with E-state index >= 15 is 0 Å². The summed E-state index contributed by atoms with van der Waals surface area (Å²) in [5.41, 5.74) is 5.22. The van der Waals surface area contributed by atoms with Crippen molar-refractivity contribution < 1.29 is 8.78 Å². The van der Waals surface area contributed by atoms with Crippen LogP contribution in [-0.4, -0.2) is 14.8 Å². The summed E-state index contributed by atoms with van der Waals surface area (Å²) in [5.74, 6) is -1.09. The molecule has 5 rings (SSSR count). The highest BCUT2D eigenvalue weighted by Crippen LogP contribution is 2.43. The van der Waals surface area contributed by atoms with Gasteiger partial charge in [0.2, 0.25) is 5.95 Å². The number of aryl methyl sites for hydroxylation is 1. The van der Waals surface area contributed by atoms with E-state index < -0.39 is 11.6 Å². The van der Waals surface area contributed by atoms with Gasteiger partial charge in [-0.15, -0.1) is 0 Å². The zero-order chi connectivity index (χ0) is 17.7. The Morgan fingerprint density at radius 2 is 1.92 bits per heavy atom. The molecule has 130 valence electrons. The van der Waals surface area contributed by atoms with Gasteiger partial charge in [0.25, 0.3) is 0 Å². The van der Waals surface area contributed by atoms with E-state index in [1.54, 1.807) is 10.7 Å². The van der Waals surface area contributed by atoms with Crippen LogP contribution in [0, 0.1) is 11.6 Å². The lowest BCUT2D eigenvalue weighted by molar-refractivity contribution is 0.500. The topological polar surface area (TPSA) is 42.7 Å². The Morgan fingerprint density at radius 1 is 1.04 bits per heavy atom. The number of hydrogen-bond acceptors (Lipinski definition) is 3. The van der Waals surface area contributed by atoms with Crippen molar-refractivity contribution in [2.75, 3.05) is 5.32 Å². The van der Waals surface area contributed by atoms with Gasteiger partial charge in [0.1, 0.15) is 12.4 Å². The third-order valence-electron chi connectivity index (χ3n) is 5.14. The minimum atomic E-state index is -0.848. The fraction of sp³-hybridized carbons (Fsp3) is 0.200. The van der Waals surface area contributed by atoms with E-state index in [9.17, 15) is 8.78 Å². The Bertz CT molecular complexity index is 1040. The predicted molar refractivity (Wildman–Crippen MR) is 94.4 cm³/mol. The van der Waals surface area contributed by atoms with Gasteiger partial charge < -0.3 is 5.32 Å². The standard InChI is InChI=1S/C20H16F2N4/c21-16-9-8-13(10-17(16)22)19-15-7-3-5-12-4-1-2-6-14(12)18(15)25-20-23-11-24-26(19)20/h1-2,4,6,8-11,19H,3,5,7H2,(H,23,24,25)/t19-/m0/s1. The Hall–Kier alpha value is -3.02. The number of allylic oxidation sites excluding steroid dienone is 1. The summed E-state index contributed by atoms with van der Waals surface area (Å²) in [6, 6.07) is 12.1. The van der Waals surface area contributed by atoms with Gasteiger partial charge in [-0.2, -0.15) is 10.1 Å². The molecule has 1 aliphatic carbocycles. The maximum atomic E-state index is 13.9. The van der Waals surface area contributed by atoms with Gasteiger partial charge in [-0.25, -0.2) is 13.5 Å². The summed E-state index contributed by atoms with van der Waals surface area (Å²) in [6.07, 6.45) is 4.29. The molecule has 1 N–H and O–H groups in total. The normalized spacial score (nSPS) is 18.5. The lowest BCUT2D eigenvalue weighted by atomic mass is 9.91. The van der Waals surface area contributed by atoms with Crippen LogP contribution in [0.4, 0.5) is 14.7 Å². The number of nitrogens with zero attached hydrogens (tertiary/aromatic N) is 3. The molecular weight excluding hydrogens is 334 g/mol. The minimum Gasteiger partial charge on any atom is -0.324 e. The fourth-order valence-electron chi connectivity index (χ4n) is 3.98. The van der Waals surface area contributed by atoms with E-state index in [0.29, 0.717) is 11.5 Å². The first-order valence-corrected chi connectivity index (χ1v) is 8.65. The highest BCUT2D eigenvalue weighted by atomic mass is 19.2. The molecule has 0 fully saturated rings. The molecule has 2 aliphatic rings. The molecule has 0 unspecified atom stereocenters. The Morgan fingerprint density at radius 3 is 2.81 bits per heavy atom. The Balaban J connectivity index is 1.75. The van der Waals surface area contributed by atoms with Crippen molar-refractivity contribution in [1.82, 2.24) is 14.8 Å². The average molecular weight is 350 g/mol. The highest BCUT2D eigenvalue weighted by Gasteiger charge is 2.33. The lowest BCUT2D eigenvalue weighted by Crippen LogP contribution is -2.25. The summed E-state index contributed by atoms with van der Waals surface area (Å²) in [5, 5.41) is 7.74. The number of halogens is 2. The van der Waals surface area contributed by atoms with Crippen LogP contribution < -0.4 is 5.32 Å². The zero-order valence-electron chi connectivity index (χ0n) is 13.9. The van der Waals surface area contributed by atoms with E-state index in [2.05, 4.69) is 27.5 Å². The molecule has 0 bridgehead atoms. The third kappa shape index (κ3) is 2.25. The number of anilines is 1. The van der Waals surface area contributed by atoms with Gasteiger partial charge >= 0.3 is 0 Å². The van der Waals surface area contributed by atoms with Crippen molar-refractivity contribution in [3.05, 3.63) is 82.7 Å². The van der Waals surface area contributed by atoms with Crippen LogP contribution in [0.15, 0.2) is 54.4 Å². The predicted octanol–water partition coefficient (Wildman–Crippen LogP) is 4.32. The van der Waals surface area contributed by atoms with Crippen molar-refractivity contribution in [2.24, 2.45) is 0 Å². The van der Waals surface area contributed by atoms with Crippen LogP contribution in [0.25, 0.3) is 5.70 Å². The average Bonchev–Trinajstić information content (AvgIpc) is 3.04. The Labute approximate surface area is 149 Å². The first-order valence-electron chi connectivity index (χ1n) is 8.65. The van der Waals surface area contributed by atoms with Crippen LogP contribution in [-0.2, 0) is 6.42 Å². The molecule has 1 aliphatic heterocycles. The van der Waals surface area contributed by atoms with E-state index in [1.807, 2.05) is 12.1 Å². The summed E-state index contributed by atoms with van der Waals surface area (Å²) >= 11 is 0. The van der Waals surface area contributed by atoms with Gasteiger partial charge in [-0.1, -0.05) is 30.3 Å².